The maximum absolute atomic E-state index is 13.2. The van der Waals surface area contributed by atoms with Gasteiger partial charge in [-0.05, 0) is 101 Å². The van der Waals surface area contributed by atoms with Crippen molar-refractivity contribution in [3.8, 4) is 0 Å². The molecule has 3 aromatic carbocycles. The molecule has 0 saturated carbocycles. The molecular weight excluding hydrogens is 597 g/mol. The first-order valence-corrected chi connectivity index (χ1v) is 16.3. The highest BCUT2D eigenvalue weighted by molar-refractivity contribution is 6.34. The van der Waals surface area contributed by atoms with E-state index in [1.807, 2.05) is 31.2 Å². The normalized spacial score (nSPS) is 20.4. The first-order valence-electron chi connectivity index (χ1n) is 15.9. The fourth-order valence-corrected chi connectivity index (χ4v) is 6.80. The van der Waals surface area contributed by atoms with Gasteiger partial charge in [-0.3, -0.25) is 14.6 Å². The van der Waals surface area contributed by atoms with Gasteiger partial charge in [-0.25, -0.2) is 0 Å². The average Bonchev–Trinajstić information content (AvgIpc) is 3.59. The van der Waals surface area contributed by atoms with Crippen molar-refractivity contribution in [2.75, 3.05) is 26.2 Å². The number of carbonyl (C=O) groups is 1. The predicted octanol–water partition coefficient (Wildman–Crippen LogP) is 8.10. The summed E-state index contributed by atoms with van der Waals surface area (Å²) < 4.78 is 39.5. The lowest BCUT2D eigenvalue weighted by Gasteiger charge is -2.29. The SMILES string of the molecule is Cc1ccccc1[C@@H](CN1CCCC1C)NC(=O)c1cccc(C(F)(F)F)c1Cl.Cc1ccccc1[C@H](N)CN1CCCC1C. The summed E-state index contributed by atoms with van der Waals surface area (Å²) in [7, 11) is 0. The molecule has 1 amide bonds. The number of aryl methyl sites for hydroxylation is 2. The smallest absolute Gasteiger partial charge is 0.344 e. The van der Waals surface area contributed by atoms with Crippen molar-refractivity contribution >= 4 is 17.5 Å². The van der Waals surface area contributed by atoms with E-state index in [9.17, 15) is 18.0 Å². The second-order valence-electron chi connectivity index (χ2n) is 12.5. The van der Waals surface area contributed by atoms with E-state index >= 15 is 0 Å². The van der Waals surface area contributed by atoms with Crippen LogP contribution in [0.25, 0.3) is 0 Å². The Balaban J connectivity index is 0.000000242. The topological polar surface area (TPSA) is 61.6 Å². The number of carbonyl (C=O) groups excluding carboxylic acids is 1. The summed E-state index contributed by atoms with van der Waals surface area (Å²) >= 11 is 5.95. The van der Waals surface area contributed by atoms with Crippen LogP contribution < -0.4 is 11.1 Å². The molecule has 2 saturated heterocycles. The molecule has 0 radical (unpaired) electrons. The van der Waals surface area contributed by atoms with Crippen LogP contribution in [0.2, 0.25) is 5.02 Å². The van der Waals surface area contributed by atoms with Gasteiger partial charge >= 0.3 is 6.18 Å². The van der Waals surface area contributed by atoms with Crippen LogP contribution in [-0.4, -0.2) is 54.0 Å². The number of nitrogens with two attached hydrogens (primary N) is 1. The minimum atomic E-state index is -4.62. The van der Waals surface area contributed by atoms with Gasteiger partial charge in [-0.1, -0.05) is 66.2 Å². The van der Waals surface area contributed by atoms with Gasteiger partial charge in [-0.15, -0.1) is 0 Å². The summed E-state index contributed by atoms with van der Waals surface area (Å²) in [5.41, 5.74) is 9.68. The molecule has 244 valence electrons. The molecular formula is C36H46ClF3N4O. The van der Waals surface area contributed by atoms with E-state index in [1.165, 1.54) is 42.6 Å². The number of alkyl halides is 3. The van der Waals surface area contributed by atoms with Gasteiger partial charge in [0.1, 0.15) is 0 Å². The summed E-state index contributed by atoms with van der Waals surface area (Å²) in [6.45, 7) is 12.3. The Labute approximate surface area is 270 Å². The number of nitrogens with one attached hydrogen (secondary N) is 1. The van der Waals surface area contributed by atoms with Crippen molar-refractivity contribution in [3.05, 3.63) is 105 Å². The monoisotopic (exact) mass is 642 g/mol. The molecule has 2 aliphatic rings. The molecule has 2 heterocycles. The Morgan fingerprint density at radius 3 is 1.91 bits per heavy atom. The van der Waals surface area contributed by atoms with Crippen LogP contribution in [0.1, 0.15) is 89.8 Å². The summed E-state index contributed by atoms with van der Waals surface area (Å²) in [6, 6.07) is 20.5. The summed E-state index contributed by atoms with van der Waals surface area (Å²) in [5.74, 6) is -0.610. The van der Waals surface area contributed by atoms with Crippen molar-refractivity contribution in [2.24, 2.45) is 5.73 Å². The molecule has 9 heteroatoms. The number of hydrogen-bond acceptors (Lipinski definition) is 4. The first kappa shape index (κ1) is 35.0. The highest BCUT2D eigenvalue weighted by atomic mass is 35.5. The van der Waals surface area contributed by atoms with Crippen LogP contribution in [0.15, 0.2) is 66.7 Å². The van der Waals surface area contributed by atoms with E-state index in [-0.39, 0.29) is 17.6 Å². The van der Waals surface area contributed by atoms with Crippen molar-refractivity contribution < 1.29 is 18.0 Å². The Morgan fingerprint density at radius 2 is 1.40 bits per heavy atom. The van der Waals surface area contributed by atoms with Gasteiger partial charge < -0.3 is 11.1 Å². The van der Waals surface area contributed by atoms with Gasteiger partial charge in [0.15, 0.2) is 0 Å². The number of benzene rings is 3. The predicted molar refractivity (Wildman–Crippen MR) is 176 cm³/mol. The second kappa shape index (κ2) is 15.6. The Bertz CT molecular complexity index is 1430. The minimum Gasteiger partial charge on any atom is -0.344 e. The molecule has 5 rings (SSSR count). The maximum Gasteiger partial charge on any atom is 0.417 e. The summed E-state index contributed by atoms with van der Waals surface area (Å²) in [5, 5.41) is 2.35. The van der Waals surface area contributed by atoms with Gasteiger partial charge in [0.2, 0.25) is 0 Å². The van der Waals surface area contributed by atoms with Gasteiger partial charge in [0.25, 0.3) is 5.91 Å². The van der Waals surface area contributed by atoms with Crippen LogP contribution in [0.5, 0.6) is 0 Å². The molecule has 4 atom stereocenters. The number of nitrogens with zero attached hydrogens (tertiary/aromatic N) is 2. The number of amides is 1. The lowest BCUT2D eigenvalue weighted by Crippen LogP contribution is -2.39. The molecule has 2 unspecified atom stereocenters. The van der Waals surface area contributed by atoms with Crippen LogP contribution >= 0.6 is 11.6 Å². The third-order valence-corrected chi connectivity index (χ3v) is 9.64. The molecule has 0 bridgehead atoms. The van der Waals surface area contributed by atoms with Crippen molar-refractivity contribution in [1.29, 1.82) is 0 Å². The highest BCUT2D eigenvalue weighted by Gasteiger charge is 2.35. The van der Waals surface area contributed by atoms with E-state index in [4.69, 9.17) is 17.3 Å². The van der Waals surface area contributed by atoms with Gasteiger partial charge in [-0.2, -0.15) is 13.2 Å². The minimum absolute atomic E-state index is 0.154. The average molecular weight is 643 g/mol. The fraction of sp³-hybridized carbons (Fsp3) is 0.472. The number of likely N-dealkylation sites (tertiary alicyclic amines) is 2. The lowest BCUT2D eigenvalue weighted by atomic mass is 9.99. The largest absolute Gasteiger partial charge is 0.417 e. The molecule has 2 aliphatic heterocycles. The molecule has 0 aromatic heterocycles. The molecule has 45 heavy (non-hydrogen) atoms. The highest BCUT2D eigenvalue weighted by Crippen LogP contribution is 2.36. The zero-order valence-corrected chi connectivity index (χ0v) is 27.5. The maximum atomic E-state index is 13.2. The number of halogens is 4. The molecule has 5 nitrogen and oxygen atoms in total. The van der Waals surface area contributed by atoms with Crippen LogP contribution in [0, 0.1) is 13.8 Å². The van der Waals surface area contributed by atoms with Crippen LogP contribution in [0.4, 0.5) is 13.2 Å². The molecule has 2 fully saturated rings. The van der Waals surface area contributed by atoms with E-state index in [2.05, 4.69) is 60.2 Å². The van der Waals surface area contributed by atoms with Crippen LogP contribution in [-0.2, 0) is 6.18 Å². The molecule has 0 spiro atoms. The van der Waals surface area contributed by atoms with Crippen LogP contribution in [0.3, 0.4) is 0 Å². The lowest BCUT2D eigenvalue weighted by molar-refractivity contribution is -0.137. The van der Waals surface area contributed by atoms with Gasteiger partial charge in [0, 0.05) is 31.2 Å². The standard InChI is InChI=1S/C22H24ClF3N2O.C14H22N2/c1-14-7-3-4-9-16(14)19(13-28-12-6-8-15(28)2)27-21(29)17-10-5-11-18(20(17)23)22(24,25)26;1-11-6-3-4-8-13(11)14(15)10-16-9-5-7-12(16)2/h3-5,7,9-11,15,19H,6,8,12-13H2,1-2H3,(H,27,29);3-4,6,8,12,14H,5,7,9-10,15H2,1-2H3/t15?,19-;12?,14-/m11/s1. The Morgan fingerprint density at radius 1 is 0.867 bits per heavy atom. The second-order valence-corrected chi connectivity index (χ2v) is 12.9. The first-order chi connectivity index (χ1) is 21.4. The Kier molecular flexibility index (Phi) is 12.1. The molecule has 3 aromatic rings. The number of hydrogen-bond donors (Lipinski definition) is 2. The quantitative estimate of drug-likeness (QED) is 0.261. The van der Waals surface area contributed by atoms with E-state index in [0.717, 1.165) is 43.1 Å². The third-order valence-electron chi connectivity index (χ3n) is 9.24. The molecule has 3 N–H and O–H groups in total. The van der Waals surface area contributed by atoms with Crippen molar-refractivity contribution in [1.82, 2.24) is 15.1 Å². The Hall–Kier alpha value is -2.91. The van der Waals surface area contributed by atoms with Gasteiger partial charge in [0.05, 0.1) is 22.2 Å². The van der Waals surface area contributed by atoms with Crippen molar-refractivity contribution in [3.63, 3.8) is 0 Å². The summed E-state index contributed by atoms with van der Waals surface area (Å²) in [6.07, 6.45) is 0.207. The van der Waals surface area contributed by atoms with Crippen molar-refractivity contribution in [2.45, 2.75) is 83.7 Å². The number of rotatable bonds is 8. The van der Waals surface area contributed by atoms with E-state index in [1.54, 1.807) is 0 Å². The zero-order chi connectivity index (χ0) is 32.7. The van der Waals surface area contributed by atoms with E-state index < -0.39 is 22.7 Å². The zero-order valence-electron chi connectivity index (χ0n) is 26.7. The summed E-state index contributed by atoms with van der Waals surface area (Å²) in [4.78, 5) is 17.7. The van der Waals surface area contributed by atoms with E-state index in [0.29, 0.717) is 18.6 Å². The molecule has 0 aliphatic carbocycles. The fourth-order valence-electron chi connectivity index (χ4n) is 6.48. The third kappa shape index (κ3) is 9.09.